The molecule has 138 valence electrons. The van der Waals surface area contributed by atoms with E-state index in [1.807, 2.05) is 18.4 Å². The minimum atomic E-state index is -0.0527. The fourth-order valence-electron chi connectivity index (χ4n) is 2.89. The molecule has 0 bridgehead atoms. The van der Waals surface area contributed by atoms with Crippen molar-refractivity contribution in [3.8, 4) is 0 Å². The Bertz CT molecular complexity index is 517. The quantitative estimate of drug-likeness (QED) is 0.410. The van der Waals surface area contributed by atoms with Crippen LogP contribution in [0.15, 0.2) is 17.1 Å². The van der Waals surface area contributed by atoms with Crippen LogP contribution in [0.2, 0.25) is 0 Å². The van der Waals surface area contributed by atoms with E-state index in [-0.39, 0.29) is 29.6 Å². The third-order valence-electron chi connectivity index (χ3n) is 3.96. The largest absolute Gasteiger partial charge is 0.372 e. The van der Waals surface area contributed by atoms with Crippen LogP contribution >= 0.6 is 35.3 Å². The molecule has 1 aromatic heterocycles. The van der Waals surface area contributed by atoms with Gasteiger partial charge in [-0.2, -0.15) is 0 Å². The molecule has 0 aromatic carbocycles. The van der Waals surface area contributed by atoms with Crippen molar-refractivity contribution in [1.29, 1.82) is 0 Å². The first-order chi connectivity index (χ1) is 10.9. The van der Waals surface area contributed by atoms with E-state index >= 15 is 0 Å². The monoisotopic (exact) mass is 465 g/mol. The minimum absolute atomic E-state index is 0. The van der Waals surface area contributed by atoms with Gasteiger partial charge in [-0.15, -0.1) is 35.3 Å². The van der Waals surface area contributed by atoms with Crippen LogP contribution in [0.1, 0.15) is 50.3 Å². The molecule has 0 radical (unpaired) electrons. The third-order valence-corrected chi connectivity index (χ3v) is 5.19. The van der Waals surface area contributed by atoms with Crippen LogP contribution in [0.5, 0.6) is 0 Å². The molecule has 6 heteroatoms. The molecule has 0 atom stereocenters. The lowest BCUT2D eigenvalue weighted by Gasteiger charge is -2.36. The molecule has 1 aliphatic rings. The Balaban J connectivity index is 0.00000288. The standard InChI is InChI=1S/C18H31N3OS.HI/c1-6-15-7-8-16(23-15)13-20-17(19-5)21-11-9-14(10-12-21)22-18(2,3)4;/h7-8,14H,6,9-13H2,1-5H3,(H,19,20);1H. The number of rotatable bonds is 4. The number of aryl methyl sites for hydroxylation is 1. The molecular weight excluding hydrogens is 433 g/mol. The highest BCUT2D eigenvalue weighted by molar-refractivity contribution is 14.0. The summed E-state index contributed by atoms with van der Waals surface area (Å²) in [6.45, 7) is 11.5. The van der Waals surface area contributed by atoms with Crippen molar-refractivity contribution in [3.05, 3.63) is 21.9 Å². The Morgan fingerprint density at radius 2 is 1.92 bits per heavy atom. The summed E-state index contributed by atoms with van der Waals surface area (Å²) in [4.78, 5) is 9.60. The normalized spacial score (nSPS) is 16.9. The maximum Gasteiger partial charge on any atom is 0.193 e. The molecule has 2 heterocycles. The van der Waals surface area contributed by atoms with E-state index in [1.54, 1.807) is 0 Å². The topological polar surface area (TPSA) is 36.9 Å². The van der Waals surface area contributed by atoms with Gasteiger partial charge >= 0.3 is 0 Å². The van der Waals surface area contributed by atoms with Crippen LogP contribution in [-0.2, 0) is 17.7 Å². The fourth-order valence-corrected chi connectivity index (χ4v) is 3.79. The van der Waals surface area contributed by atoms with Gasteiger partial charge in [-0.25, -0.2) is 0 Å². The first-order valence-corrected chi connectivity index (χ1v) is 9.44. The van der Waals surface area contributed by atoms with Crippen LogP contribution in [-0.4, -0.2) is 42.7 Å². The second kappa shape index (κ2) is 9.97. The van der Waals surface area contributed by atoms with E-state index in [1.165, 1.54) is 9.75 Å². The van der Waals surface area contributed by atoms with Crippen LogP contribution in [0.3, 0.4) is 0 Å². The first kappa shape index (κ1) is 21.7. The highest BCUT2D eigenvalue weighted by atomic mass is 127. The molecule has 24 heavy (non-hydrogen) atoms. The molecule has 1 aliphatic heterocycles. The van der Waals surface area contributed by atoms with Crippen LogP contribution < -0.4 is 5.32 Å². The summed E-state index contributed by atoms with van der Waals surface area (Å²) in [5.74, 6) is 1.01. The zero-order valence-corrected chi connectivity index (χ0v) is 18.7. The Hall–Kier alpha value is -0.340. The van der Waals surface area contributed by atoms with Crippen molar-refractivity contribution >= 4 is 41.3 Å². The smallest absolute Gasteiger partial charge is 0.193 e. The number of hydrogen-bond acceptors (Lipinski definition) is 3. The van der Waals surface area contributed by atoms with E-state index in [9.17, 15) is 0 Å². The van der Waals surface area contributed by atoms with Crippen molar-refractivity contribution in [2.75, 3.05) is 20.1 Å². The van der Waals surface area contributed by atoms with Gasteiger partial charge in [0.05, 0.1) is 18.2 Å². The maximum atomic E-state index is 6.10. The zero-order chi connectivity index (χ0) is 16.9. The highest BCUT2D eigenvalue weighted by Gasteiger charge is 2.25. The Morgan fingerprint density at radius 3 is 2.42 bits per heavy atom. The van der Waals surface area contributed by atoms with E-state index in [0.29, 0.717) is 6.10 Å². The van der Waals surface area contributed by atoms with Crippen molar-refractivity contribution in [3.63, 3.8) is 0 Å². The Labute approximate surface area is 168 Å². The summed E-state index contributed by atoms with van der Waals surface area (Å²) in [6.07, 6.45) is 3.61. The fraction of sp³-hybridized carbons (Fsp3) is 0.722. The number of hydrogen-bond donors (Lipinski definition) is 1. The van der Waals surface area contributed by atoms with E-state index in [0.717, 1.165) is 44.9 Å². The van der Waals surface area contributed by atoms with Crippen molar-refractivity contribution in [1.82, 2.24) is 10.2 Å². The van der Waals surface area contributed by atoms with Crippen LogP contribution in [0.25, 0.3) is 0 Å². The zero-order valence-electron chi connectivity index (χ0n) is 15.6. The number of likely N-dealkylation sites (tertiary alicyclic amines) is 1. The van der Waals surface area contributed by atoms with Gasteiger partial charge in [-0.1, -0.05) is 6.92 Å². The van der Waals surface area contributed by atoms with E-state index in [4.69, 9.17) is 4.74 Å². The second-order valence-corrected chi connectivity index (χ2v) is 8.29. The van der Waals surface area contributed by atoms with Gasteiger partial charge in [-0.05, 0) is 52.2 Å². The third kappa shape index (κ3) is 6.88. The number of ether oxygens (including phenoxy) is 1. The van der Waals surface area contributed by atoms with Crippen molar-refractivity contribution in [2.45, 2.75) is 65.2 Å². The number of halogens is 1. The first-order valence-electron chi connectivity index (χ1n) is 8.62. The summed E-state index contributed by atoms with van der Waals surface area (Å²) >= 11 is 1.88. The van der Waals surface area contributed by atoms with Crippen LogP contribution in [0, 0.1) is 0 Å². The van der Waals surface area contributed by atoms with Gasteiger partial charge in [-0.3, -0.25) is 4.99 Å². The summed E-state index contributed by atoms with van der Waals surface area (Å²) < 4.78 is 6.10. The highest BCUT2D eigenvalue weighted by Crippen LogP contribution is 2.20. The molecule has 2 rings (SSSR count). The summed E-state index contributed by atoms with van der Waals surface area (Å²) in [5.41, 5.74) is -0.0527. The lowest BCUT2D eigenvalue weighted by Crippen LogP contribution is -2.47. The molecule has 1 aromatic rings. The Morgan fingerprint density at radius 1 is 1.29 bits per heavy atom. The average Bonchev–Trinajstić information content (AvgIpc) is 2.96. The molecule has 0 aliphatic carbocycles. The van der Waals surface area contributed by atoms with Gasteiger partial charge in [0.15, 0.2) is 5.96 Å². The summed E-state index contributed by atoms with van der Waals surface area (Å²) in [7, 11) is 1.87. The number of nitrogens with one attached hydrogen (secondary N) is 1. The average molecular weight is 465 g/mol. The second-order valence-electron chi connectivity index (χ2n) is 7.04. The Kier molecular flexibility index (Phi) is 9.01. The lowest BCUT2D eigenvalue weighted by atomic mass is 10.1. The minimum Gasteiger partial charge on any atom is -0.372 e. The molecule has 0 saturated carbocycles. The van der Waals surface area contributed by atoms with Gasteiger partial charge in [0.1, 0.15) is 0 Å². The molecule has 0 spiro atoms. The van der Waals surface area contributed by atoms with E-state index in [2.05, 4.69) is 55.0 Å². The van der Waals surface area contributed by atoms with Gasteiger partial charge in [0, 0.05) is 29.9 Å². The number of guanidine groups is 1. The predicted molar refractivity (Wildman–Crippen MR) is 115 cm³/mol. The number of aliphatic imine (C=N–C) groups is 1. The maximum absolute atomic E-state index is 6.10. The van der Waals surface area contributed by atoms with Gasteiger partial charge in [0.2, 0.25) is 0 Å². The molecular formula is C18H32IN3OS. The molecule has 1 fully saturated rings. The number of nitrogens with zero attached hydrogens (tertiary/aromatic N) is 2. The molecule has 4 nitrogen and oxygen atoms in total. The number of piperidine rings is 1. The summed E-state index contributed by atoms with van der Waals surface area (Å²) in [6, 6.07) is 4.44. The number of thiophene rings is 1. The SMILES string of the molecule is CCc1ccc(CNC(=NC)N2CCC(OC(C)(C)C)CC2)s1.I. The van der Waals surface area contributed by atoms with Gasteiger partial charge < -0.3 is 15.0 Å². The molecule has 0 unspecified atom stereocenters. The summed E-state index contributed by atoms with van der Waals surface area (Å²) in [5, 5.41) is 3.50. The predicted octanol–water partition coefficient (Wildman–Crippen LogP) is 4.28. The van der Waals surface area contributed by atoms with E-state index < -0.39 is 0 Å². The van der Waals surface area contributed by atoms with Gasteiger partial charge in [0.25, 0.3) is 0 Å². The lowest BCUT2D eigenvalue weighted by molar-refractivity contribution is -0.0772. The van der Waals surface area contributed by atoms with Crippen LogP contribution in [0.4, 0.5) is 0 Å². The molecule has 1 N–H and O–H groups in total. The molecule has 1 saturated heterocycles. The van der Waals surface area contributed by atoms with Crippen molar-refractivity contribution < 1.29 is 4.74 Å². The molecule has 0 amide bonds. The van der Waals surface area contributed by atoms with Crippen molar-refractivity contribution in [2.24, 2.45) is 4.99 Å².